The first-order valence-electron chi connectivity index (χ1n) is 2.67. The summed E-state index contributed by atoms with van der Waals surface area (Å²) in [5.74, 6) is -0.264. The first kappa shape index (κ1) is 7.92. The Morgan fingerprint density at radius 3 is 2.12 bits per heavy atom. The molecule has 0 aliphatic carbocycles. The average molecular weight is 118 g/mol. The molecule has 46 valence electrons. The van der Waals surface area contributed by atoms with Gasteiger partial charge in [0.25, 0.3) is 0 Å². The van der Waals surface area contributed by atoms with Gasteiger partial charge in [-0.3, -0.25) is 8.78 Å². The summed E-state index contributed by atoms with van der Waals surface area (Å²) in [5, 5.41) is 0. The molecular formula is C5H9BF2. The van der Waals surface area contributed by atoms with E-state index in [1.165, 1.54) is 0 Å². The molecule has 0 aliphatic rings. The molecule has 0 heterocycles. The minimum absolute atomic E-state index is 0.250. The lowest BCUT2D eigenvalue weighted by Gasteiger charge is -2.04. The smallest absolute Gasteiger partial charge is 0.0916 e. The van der Waals surface area contributed by atoms with Crippen molar-refractivity contribution in [3.63, 3.8) is 0 Å². The van der Waals surface area contributed by atoms with E-state index in [1.54, 1.807) is 0 Å². The van der Waals surface area contributed by atoms with E-state index in [4.69, 9.17) is 7.85 Å². The molecule has 0 amide bonds. The van der Waals surface area contributed by atoms with Crippen LogP contribution in [-0.2, 0) is 0 Å². The molecule has 0 nitrogen and oxygen atoms in total. The Morgan fingerprint density at radius 2 is 2.00 bits per heavy atom. The van der Waals surface area contributed by atoms with Crippen molar-refractivity contribution >= 4 is 7.85 Å². The first-order valence-corrected chi connectivity index (χ1v) is 2.67. The summed E-state index contributed by atoms with van der Waals surface area (Å²) in [6.07, 6.45) is 0.507. The van der Waals surface area contributed by atoms with E-state index in [0.717, 1.165) is 0 Å². The molecule has 8 heavy (non-hydrogen) atoms. The van der Waals surface area contributed by atoms with Crippen molar-refractivity contribution in [1.82, 2.24) is 0 Å². The van der Waals surface area contributed by atoms with Crippen LogP contribution in [0.25, 0.3) is 0 Å². The van der Waals surface area contributed by atoms with Crippen molar-refractivity contribution in [3.8, 4) is 0 Å². The molecule has 0 aromatic carbocycles. The zero-order valence-corrected chi connectivity index (χ0v) is 4.74. The van der Waals surface area contributed by atoms with Gasteiger partial charge in [-0.2, -0.15) is 0 Å². The van der Waals surface area contributed by atoms with Crippen LogP contribution in [0.3, 0.4) is 0 Å². The fourth-order valence-corrected chi connectivity index (χ4v) is 0.412. The molecule has 0 spiro atoms. The molecule has 0 rings (SSSR count). The standard InChI is InChI=1S/C5H9BF2/c6-3-5(4-8)1-2-7/h5H,1-4H2. The third-order valence-corrected chi connectivity index (χ3v) is 1.07. The van der Waals surface area contributed by atoms with Crippen LogP contribution in [0, 0.1) is 5.92 Å². The number of hydrogen-bond donors (Lipinski definition) is 0. The second-order valence-electron chi connectivity index (χ2n) is 1.73. The molecule has 0 bridgehead atoms. The van der Waals surface area contributed by atoms with Gasteiger partial charge in [-0.05, 0) is 12.3 Å². The molecule has 0 aliphatic heterocycles. The highest BCUT2D eigenvalue weighted by Crippen LogP contribution is 2.07. The van der Waals surface area contributed by atoms with Crippen molar-refractivity contribution < 1.29 is 8.78 Å². The van der Waals surface area contributed by atoms with Gasteiger partial charge < -0.3 is 0 Å². The summed E-state index contributed by atoms with van der Waals surface area (Å²) in [6, 6.07) is 0. The van der Waals surface area contributed by atoms with Crippen molar-refractivity contribution in [1.29, 1.82) is 0 Å². The maximum Gasteiger partial charge on any atom is 0.0916 e. The highest BCUT2D eigenvalue weighted by atomic mass is 19.1. The molecule has 2 radical (unpaired) electrons. The Kier molecular flexibility index (Phi) is 5.02. The predicted molar refractivity (Wildman–Crippen MR) is 30.6 cm³/mol. The highest BCUT2D eigenvalue weighted by molar-refractivity contribution is 6.08. The van der Waals surface area contributed by atoms with Crippen LogP contribution in [0.5, 0.6) is 0 Å². The number of halogens is 2. The van der Waals surface area contributed by atoms with Gasteiger partial charge >= 0.3 is 0 Å². The minimum atomic E-state index is -0.500. The van der Waals surface area contributed by atoms with E-state index in [0.29, 0.717) is 0 Å². The van der Waals surface area contributed by atoms with Gasteiger partial charge in [-0.25, -0.2) is 0 Å². The summed E-state index contributed by atoms with van der Waals surface area (Å²) < 4.78 is 23.0. The van der Waals surface area contributed by atoms with Crippen molar-refractivity contribution in [2.75, 3.05) is 13.3 Å². The number of rotatable bonds is 4. The summed E-state index contributed by atoms with van der Waals surface area (Å²) >= 11 is 0. The molecule has 1 atom stereocenters. The second-order valence-corrected chi connectivity index (χ2v) is 1.73. The van der Waals surface area contributed by atoms with Gasteiger partial charge in [0, 0.05) is 0 Å². The van der Waals surface area contributed by atoms with E-state index in [1.807, 2.05) is 0 Å². The predicted octanol–water partition coefficient (Wildman–Crippen LogP) is 1.52. The van der Waals surface area contributed by atoms with E-state index in [2.05, 4.69) is 0 Å². The van der Waals surface area contributed by atoms with Crippen LogP contribution in [0.1, 0.15) is 6.42 Å². The van der Waals surface area contributed by atoms with E-state index in [-0.39, 0.29) is 18.7 Å². The fraction of sp³-hybridized carbons (Fsp3) is 1.00. The minimum Gasteiger partial charge on any atom is -0.251 e. The van der Waals surface area contributed by atoms with Crippen molar-refractivity contribution in [3.05, 3.63) is 0 Å². The maximum absolute atomic E-state index is 11.6. The van der Waals surface area contributed by atoms with Crippen LogP contribution in [-0.4, -0.2) is 21.2 Å². The van der Waals surface area contributed by atoms with E-state index < -0.39 is 13.3 Å². The zero-order chi connectivity index (χ0) is 6.41. The van der Waals surface area contributed by atoms with Crippen molar-refractivity contribution in [2.45, 2.75) is 12.7 Å². The SMILES string of the molecule is [B]CC(CF)CCF. The molecule has 3 heteroatoms. The van der Waals surface area contributed by atoms with Crippen LogP contribution in [0.15, 0.2) is 0 Å². The van der Waals surface area contributed by atoms with E-state index in [9.17, 15) is 8.78 Å². The van der Waals surface area contributed by atoms with Gasteiger partial charge in [0.05, 0.1) is 21.2 Å². The Labute approximate surface area is 49.7 Å². The van der Waals surface area contributed by atoms with Gasteiger partial charge in [0.1, 0.15) is 0 Å². The summed E-state index contributed by atoms with van der Waals surface area (Å²) in [6.45, 7) is -0.966. The molecule has 1 unspecified atom stereocenters. The lowest BCUT2D eigenvalue weighted by molar-refractivity contribution is 0.329. The average Bonchev–Trinajstić information content (AvgIpc) is 1.83. The monoisotopic (exact) mass is 118 g/mol. The molecule has 0 fully saturated rings. The Bertz CT molecular complexity index is 45.7. The van der Waals surface area contributed by atoms with Crippen molar-refractivity contribution in [2.24, 2.45) is 5.92 Å². The fourth-order valence-electron chi connectivity index (χ4n) is 0.412. The van der Waals surface area contributed by atoms with Gasteiger partial charge in [-0.1, -0.05) is 6.32 Å². The Hall–Kier alpha value is -0.0751. The van der Waals surface area contributed by atoms with E-state index >= 15 is 0 Å². The zero-order valence-electron chi connectivity index (χ0n) is 4.74. The molecule has 0 saturated carbocycles. The molecule has 0 N–H and O–H groups in total. The molecular weight excluding hydrogens is 109 g/mol. The first-order chi connectivity index (χ1) is 3.85. The largest absolute Gasteiger partial charge is 0.251 e. The number of hydrogen-bond acceptors (Lipinski definition) is 0. The highest BCUT2D eigenvalue weighted by Gasteiger charge is 2.02. The third kappa shape index (κ3) is 3.00. The van der Waals surface area contributed by atoms with Crippen LogP contribution in [0.4, 0.5) is 8.78 Å². The lowest BCUT2D eigenvalue weighted by Crippen LogP contribution is -2.02. The third-order valence-electron chi connectivity index (χ3n) is 1.07. The molecule has 0 saturated heterocycles. The number of alkyl halides is 2. The molecule has 0 aromatic rings. The quantitative estimate of drug-likeness (QED) is 0.491. The topological polar surface area (TPSA) is 0 Å². The maximum atomic E-state index is 11.6. The van der Waals surface area contributed by atoms with Gasteiger partial charge in [0.15, 0.2) is 0 Å². The normalized spacial score (nSPS) is 13.8. The lowest BCUT2D eigenvalue weighted by atomic mass is 9.90. The Morgan fingerprint density at radius 1 is 1.38 bits per heavy atom. The summed E-state index contributed by atoms with van der Waals surface area (Å²) in [7, 11) is 5.06. The summed E-state index contributed by atoms with van der Waals surface area (Å²) in [5.41, 5.74) is 0. The van der Waals surface area contributed by atoms with Gasteiger partial charge in [0.2, 0.25) is 0 Å². The van der Waals surface area contributed by atoms with Crippen LogP contribution in [0.2, 0.25) is 6.32 Å². The van der Waals surface area contributed by atoms with Crippen LogP contribution < -0.4 is 0 Å². The second kappa shape index (κ2) is 5.07. The molecule has 0 aromatic heterocycles. The Balaban J connectivity index is 3.07. The van der Waals surface area contributed by atoms with Gasteiger partial charge in [-0.15, -0.1) is 0 Å². The van der Waals surface area contributed by atoms with Crippen LogP contribution >= 0.6 is 0 Å². The summed E-state index contributed by atoms with van der Waals surface area (Å²) in [4.78, 5) is 0.